The van der Waals surface area contributed by atoms with E-state index in [4.69, 9.17) is 14.4 Å². The maximum absolute atomic E-state index is 13.3. The summed E-state index contributed by atoms with van der Waals surface area (Å²) >= 11 is 0. The van der Waals surface area contributed by atoms with E-state index in [1.54, 1.807) is 36.2 Å². The summed E-state index contributed by atoms with van der Waals surface area (Å²) in [5.74, 6) is -0.0547. The summed E-state index contributed by atoms with van der Waals surface area (Å²) in [6, 6.07) is 14.3. The fourth-order valence-corrected chi connectivity index (χ4v) is 4.18. The Balaban J connectivity index is 0.00000324. The van der Waals surface area contributed by atoms with Crippen LogP contribution in [0, 0.1) is 11.3 Å². The van der Waals surface area contributed by atoms with E-state index >= 15 is 0 Å². The Labute approximate surface area is 204 Å². The molecule has 4 rings (SSSR count). The van der Waals surface area contributed by atoms with Crippen molar-refractivity contribution >= 4 is 30.5 Å². The van der Waals surface area contributed by atoms with Gasteiger partial charge in [0.25, 0.3) is 0 Å². The number of ether oxygens (including phenoxy) is 1. The third kappa shape index (κ3) is 5.99. The van der Waals surface area contributed by atoms with Crippen molar-refractivity contribution in [1.82, 2.24) is 14.8 Å². The number of hydrogen-bond acceptors (Lipinski definition) is 7. The average Bonchev–Trinajstić information content (AvgIpc) is 3.39. The smallest absolute Gasteiger partial charge is 0.417 e. The van der Waals surface area contributed by atoms with Gasteiger partial charge in [-0.1, -0.05) is 18.2 Å². The lowest BCUT2D eigenvalue weighted by molar-refractivity contribution is -0.131. The predicted molar refractivity (Wildman–Crippen MR) is 131 cm³/mol. The van der Waals surface area contributed by atoms with Crippen LogP contribution in [0.1, 0.15) is 23.6 Å². The topological polar surface area (TPSA) is 123 Å². The Morgan fingerprint density at radius 1 is 1.38 bits per heavy atom. The Bertz CT molecular complexity index is 1230. The summed E-state index contributed by atoms with van der Waals surface area (Å²) in [4.78, 5) is 31.1. The van der Waals surface area contributed by atoms with Gasteiger partial charge < -0.3 is 19.2 Å². The summed E-state index contributed by atoms with van der Waals surface area (Å²) < 4.78 is 10.5. The molecule has 1 saturated heterocycles. The highest BCUT2D eigenvalue weighted by atomic mass is 32.1. The van der Waals surface area contributed by atoms with Crippen LogP contribution in [-0.2, 0) is 11.2 Å². The van der Waals surface area contributed by atoms with Crippen molar-refractivity contribution in [2.75, 3.05) is 33.3 Å². The Kier molecular flexibility index (Phi) is 8.39. The maximum atomic E-state index is 13.3. The van der Waals surface area contributed by atoms with E-state index in [-0.39, 0.29) is 44.6 Å². The van der Waals surface area contributed by atoms with E-state index in [1.807, 2.05) is 24.3 Å². The minimum Gasteiger partial charge on any atom is -0.479 e. The van der Waals surface area contributed by atoms with Gasteiger partial charge in [-0.3, -0.25) is 14.7 Å². The van der Waals surface area contributed by atoms with E-state index in [9.17, 15) is 14.7 Å². The number of benzene rings is 2. The molecular weight excluding hydrogens is 456 g/mol. The summed E-state index contributed by atoms with van der Waals surface area (Å²) in [7, 11) is 1.76. The first kappa shape index (κ1) is 25.4. The molecule has 180 valence electrons. The van der Waals surface area contributed by atoms with Crippen LogP contribution in [0.5, 0.6) is 5.75 Å². The number of aliphatic hydroxyl groups excluding tert-OH is 1. The number of amides is 1. The molecule has 34 heavy (non-hydrogen) atoms. The first-order chi connectivity index (χ1) is 15.9. The zero-order valence-corrected chi connectivity index (χ0v) is 19.9. The summed E-state index contributed by atoms with van der Waals surface area (Å²) in [5, 5.41) is 18.8. The number of aromatic amines is 1. The molecule has 0 saturated carbocycles. The lowest BCUT2D eigenvalue weighted by atomic mass is 10.0. The molecule has 2 N–H and O–H groups in total. The SMILES string of the molecule is CN(C(=O)Cc1ccc2oc(=O)[nH]c2c1)C(CN1CC[C@H](O)C1)c1cccc(OCC#N)c1.S. The quantitative estimate of drug-likeness (QED) is 0.501. The number of aliphatic hydroxyl groups is 1. The van der Waals surface area contributed by atoms with Crippen LogP contribution in [-0.4, -0.2) is 65.2 Å². The van der Waals surface area contributed by atoms with Crippen molar-refractivity contribution in [3.63, 3.8) is 0 Å². The summed E-state index contributed by atoms with van der Waals surface area (Å²) in [6.07, 6.45) is 0.503. The predicted octanol–water partition coefficient (Wildman–Crippen LogP) is 1.95. The minimum absolute atomic E-state index is 0. The van der Waals surface area contributed by atoms with Crippen molar-refractivity contribution in [2.24, 2.45) is 0 Å². The van der Waals surface area contributed by atoms with Gasteiger partial charge in [0.1, 0.15) is 11.8 Å². The Hall–Kier alpha value is -3.26. The zero-order valence-electron chi connectivity index (χ0n) is 18.9. The van der Waals surface area contributed by atoms with Crippen LogP contribution < -0.4 is 10.5 Å². The highest BCUT2D eigenvalue weighted by molar-refractivity contribution is 7.59. The molecule has 2 atom stereocenters. The number of nitrogens with zero attached hydrogens (tertiary/aromatic N) is 3. The van der Waals surface area contributed by atoms with Crippen LogP contribution in [0.15, 0.2) is 51.7 Å². The number of likely N-dealkylation sites (N-methyl/N-ethyl adjacent to an activating group) is 1. The number of aromatic nitrogens is 1. The minimum atomic E-state index is -0.531. The molecule has 1 unspecified atom stereocenters. The molecule has 2 aromatic carbocycles. The van der Waals surface area contributed by atoms with Gasteiger partial charge in [-0.15, -0.1) is 0 Å². The number of hydrogen-bond donors (Lipinski definition) is 2. The van der Waals surface area contributed by atoms with E-state index in [0.717, 1.165) is 17.7 Å². The molecule has 0 aliphatic carbocycles. The van der Waals surface area contributed by atoms with Gasteiger partial charge in [-0.2, -0.15) is 18.8 Å². The molecular formula is C24H28N4O5S. The molecule has 0 spiro atoms. The molecule has 0 bridgehead atoms. The first-order valence-electron chi connectivity index (χ1n) is 10.8. The lowest BCUT2D eigenvalue weighted by Gasteiger charge is -2.32. The number of β-amino-alcohol motifs (C(OH)–C–C–N with tert-alkyl or cyclic N) is 1. The van der Waals surface area contributed by atoms with Gasteiger partial charge >= 0.3 is 5.76 Å². The molecule has 1 aromatic heterocycles. The standard InChI is InChI=1S/C24H26N4O5.H2S/c1-27(23(30)12-16-5-6-22-20(11-16)26-24(31)33-22)21(15-28-9-7-18(29)14-28)17-3-2-4-19(13-17)32-10-8-25;/h2-6,11,13,18,21,29H,7,9-10,12,14-15H2,1H3,(H,26,31);1H2/t18-,21?;/m0./s1. The molecule has 2 heterocycles. The fraction of sp³-hybridized carbons (Fsp3) is 0.375. The number of carbonyl (C=O) groups excluding carboxylic acids is 1. The van der Waals surface area contributed by atoms with Crippen LogP contribution in [0.25, 0.3) is 11.1 Å². The number of nitriles is 1. The van der Waals surface area contributed by atoms with Crippen molar-refractivity contribution < 1.29 is 19.1 Å². The number of nitrogens with one attached hydrogen (secondary N) is 1. The van der Waals surface area contributed by atoms with Gasteiger partial charge in [0.15, 0.2) is 12.2 Å². The van der Waals surface area contributed by atoms with Crippen molar-refractivity contribution in [2.45, 2.75) is 25.0 Å². The van der Waals surface area contributed by atoms with Gasteiger partial charge in [-0.25, -0.2) is 4.79 Å². The average molecular weight is 485 g/mol. The van der Waals surface area contributed by atoms with Crippen molar-refractivity contribution in [3.8, 4) is 11.8 Å². The second kappa shape index (κ2) is 11.2. The number of fused-ring (bicyclic) bond motifs is 1. The molecule has 9 nitrogen and oxygen atoms in total. The molecule has 0 radical (unpaired) electrons. The van der Waals surface area contributed by atoms with E-state index in [0.29, 0.717) is 36.4 Å². The summed E-state index contributed by atoms with van der Waals surface area (Å²) in [6.45, 7) is 1.83. The van der Waals surface area contributed by atoms with Gasteiger partial charge in [0.05, 0.1) is 24.1 Å². The molecule has 1 aliphatic rings. The number of oxazole rings is 1. The second-order valence-electron chi connectivity index (χ2n) is 8.26. The third-order valence-corrected chi connectivity index (χ3v) is 5.92. The number of carbonyl (C=O) groups is 1. The van der Waals surface area contributed by atoms with Crippen LogP contribution in [0.4, 0.5) is 0 Å². The number of rotatable bonds is 8. The van der Waals surface area contributed by atoms with Gasteiger partial charge in [-0.05, 0) is 41.8 Å². The fourth-order valence-electron chi connectivity index (χ4n) is 4.18. The van der Waals surface area contributed by atoms with Gasteiger partial charge in [0.2, 0.25) is 5.91 Å². The Morgan fingerprint density at radius 2 is 2.21 bits per heavy atom. The number of likely N-dealkylation sites (tertiary alicyclic amines) is 1. The highest BCUT2D eigenvalue weighted by Crippen LogP contribution is 2.27. The van der Waals surface area contributed by atoms with E-state index in [2.05, 4.69) is 9.88 Å². The normalized spacial score (nSPS) is 16.6. The number of H-pyrrole nitrogens is 1. The molecule has 1 aliphatic heterocycles. The van der Waals surface area contributed by atoms with Crippen LogP contribution in [0.3, 0.4) is 0 Å². The molecule has 10 heteroatoms. The van der Waals surface area contributed by atoms with Crippen LogP contribution in [0.2, 0.25) is 0 Å². The zero-order chi connectivity index (χ0) is 23.4. The summed E-state index contributed by atoms with van der Waals surface area (Å²) in [5.41, 5.74) is 2.65. The lowest BCUT2D eigenvalue weighted by Crippen LogP contribution is -2.39. The van der Waals surface area contributed by atoms with Crippen molar-refractivity contribution in [1.29, 1.82) is 5.26 Å². The third-order valence-electron chi connectivity index (χ3n) is 5.92. The highest BCUT2D eigenvalue weighted by Gasteiger charge is 2.28. The molecule has 1 fully saturated rings. The van der Waals surface area contributed by atoms with E-state index in [1.165, 1.54) is 0 Å². The van der Waals surface area contributed by atoms with Crippen LogP contribution >= 0.6 is 13.5 Å². The molecule has 3 aromatic rings. The van der Waals surface area contributed by atoms with Crippen molar-refractivity contribution in [3.05, 3.63) is 64.1 Å². The Morgan fingerprint density at radius 3 is 2.94 bits per heavy atom. The second-order valence-corrected chi connectivity index (χ2v) is 8.26. The van der Waals surface area contributed by atoms with E-state index < -0.39 is 5.76 Å². The molecule has 1 amide bonds. The first-order valence-corrected chi connectivity index (χ1v) is 10.8. The monoisotopic (exact) mass is 484 g/mol. The largest absolute Gasteiger partial charge is 0.479 e. The maximum Gasteiger partial charge on any atom is 0.417 e. The van der Waals surface area contributed by atoms with Gasteiger partial charge in [0, 0.05) is 26.7 Å².